The second-order valence-electron chi connectivity index (χ2n) is 4.32. The van der Waals surface area contributed by atoms with Gasteiger partial charge in [-0.25, -0.2) is 4.79 Å². The van der Waals surface area contributed by atoms with Crippen molar-refractivity contribution in [2.24, 2.45) is 0 Å². The van der Waals surface area contributed by atoms with E-state index in [1.165, 1.54) is 36.5 Å². The van der Waals surface area contributed by atoms with Gasteiger partial charge in [0.05, 0.1) is 10.5 Å². The van der Waals surface area contributed by atoms with Gasteiger partial charge in [-0.15, -0.1) is 0 Å². The molecule has 22 heavy (non-hydrogen) atoms. The highest BCUT2D eigenvalue weighted by molar-refractivity contribution is 7.08. The lowest BCUT2D eigenvalue weighted by molar-refractivity contribution is -0.383. The van der Waals surface area contributed by atoms with Crippen LogP contribution in [0.5, 0.6) is 0 Å². The molecule has 1 N–H and O–H groups in total. The second-order valence-corrected chi connectivity index (χ2v) is 5.10. The predicted octanol–water partition coefficient (Wildman–Crippen LogP) is 2.84. The monoisotopic (exact) mass is 320 g/mol. The van der Waals surface area contributed by atoms with Crippen molar-refractivity contribution in [1.29, 1.82) is 0 Å². The summed E-state index contributed by atoms with van der Waals surface area (Å²) in [7, 11) is 0. The first kappa shape index (κ1) is 15.6. The van der Waals surface area contributed by atoms with E-state index in [1.807, 2.05) is 0 Å². The Morgan fingerprint density at radius 3 is 2.68 bits per heavy atom. The topological polar surface area (TPSA) is 98.5 Å². The first-order chi connectivity index (χ1) is 10.5. The molecule has 0 saturated heterocycles. The van der Waals surface area contributed by atoms with E-state index in [9.17, 15) is 19.7 Å². The van der Waals surface area contributed by atoms with E-state index in [4.69, 9.17) is 4.74 Å². The molecular formula is C14H12N2O5S. The van der Waals surface area contributed by atoms with E-state index in [1.54, 1.807) is 22.9 Å². The van der Waals surface area contributed by atoms with E-state index < -0.39 is 22.9 Å². The lowest BCUT2D eigenvalue weighted by atomic mass is 10.2. The zero-order chi connectivity index (χ0) is 16.1. The molecule has 0 fully saturated rings. The number of benzene rings is 1. The van der Waals surface area contributed by atoms with Gasteiger partial charge in [-0.1, -0.05) is 12.1 Å². The van der Waals surface area contributed by atoms with Crippen LogP contribution in [0, 0.1) is 10.1 Å². The summed E-state index contributed by atoms with van der Waals surface area (Å²) in [5.74, 6) is -1.26. The van der Waals surface area contributed by atoms with Crippen molar-refractivity contribution in [2.45, 2.75) is 13.0 Å². The second kappa shape index (κ2) is 6.81. The van der Waals surface area contributed by atoms with Crippen LogP contribution in [0.25, 0.3) is 0 Å². The minimum atomic E-state index is -1.08. The Morgan fingerprint density at radius 1 is 1.32 bits per heavy atom. The number of para-hydroxylation sites is 2. The van der Waals surface area contributed by atoms with Crippen LogP contribution in [0.3, 0.4) is 0 Å². The van der Waals surface area contributed by atoms with Crippen LogP contribution in [0.15, 0.2) is 41.1 Å². The lowest BCUT2D eigenvalue weighted by Crippen LogP contribution is -2.30. The Kier molecular flexibility index (Phi) is 4.84. The number of thiophene rings is 1. The zero-order valence-corrected chi connectivity index (χ0v) is 12.3. The molecule has 1 aromatic heterocycles. The molecule has 0 radical (unpaired) electrons. The number of hydrogen-bond donors (Lipinski definition) is 1. The largest absolute Gasteiger partial charge is 0.449 e. The first-order valence-corrected chi connectivity index (χ1v) is 7.21. The van der Waals surface area contributed by atoms with Crippen molar-refractivity contribution in [3.05, 3.63) is 56.8 Å². The number of nitro groups is 1. The smallest absolute Gasteiger partial charge is 0.339 e. The third-order valence-electron chi connectivity index (χ3n) is 2.77. The maximum atomic E-state index is 12.0. The average molecular weight is 320 g/mol. The molecule has 0 bridgehead atoms. The molecule has 2 rings (SSSR count). The van der Waals surface area contributed by atoms with Crippen LogP contribution >= 0.6 is 11.3 Å². The van der Waals surface area contributed by atoms with Crippen LogP contribution in [0.2, 0.25) is 0 Å². The molecule has 114 valence electrons. The molecule has 1 aromatic carbocycles. The summed E-state index contributed by atoms with van der Waals surface area (Å²) in [5, 5.41) is 16.6. The molecule has 0 saturated carbocycles. The summed E-state index contributed by atoms with van der Waals surface area (Å²) >= 11 is 1.33. The summed E-state index contributed by atoms with van der Waals surface area (Å²) in [4.78, 5) is 34.0. The molecule has 7 nitrogen and oxygen atoms in total. The Balaban J connectivity index is 2.03. The van der Waals surface area contributed by atoms with Crippen molar-refractivity contribution < 1.29 is 19.2 Å². The van der Waals surface area contributed by atoms with Crippen LogP contribution in [0.1, 0.15) is 17.3 Å². The fourth-order valence-electron chi connectivity index (χ4n) is 1.64. The van der Waals surface area contributed by atoms with Crippen molar-refractivity contribution in [3.8, 4) is 0 Å². The van der Waals surface area contributed by atoms with Gasteiger partial charge in [0.25, 0.3) is 11.6 Å². The van der Waals surface area contributed by atoms with E-state index >= 15 is 0 Å². The minimum absolute atomic E-state index is 0.0518. The first-order valence-electron chi connectivity index (χ1n) is 6.26. The van der Waals surface area contributed by atoms with Crippen LogP contribution < -0.4 is 5.32 Å². The number of esters is 1. The van der Waals surface area contributed by atoms with Gasteiger partial charge in [-0.2, -0.15) is 11.3 Å². The summed E-state index contributed by atoms with van der Waals surface area (Å²) < 4.78 is 5.01. The Morgan fingerprint density at radius 2 is 2.05 bits per heavy atom. The Labute approximate surface area is 129 Å². The van der Waals surface area contributed by atoms with Gasteiger partial charge in [0.15, 0.2) is 6.10 Å². The summed E-state index contributed by atoms with van der Waals surface area (Å²) in [5.41, 5.74) is 0.179. The number of ether oxygens (including phenoxy) is 1. The molecule has 2 aromatic rings. The van der Waals surface area contributed by atoms with Gasteiger partial charge in [-0.3, -0.25) is 14.9 Å². The highest BCUT2D eigenvalue weighted by Gasteiger charge is 2.22. The predicted molar refractivity (Wildman–Crippen MR) is 80.9 cm³/mol. The van der Waals surface area contributed by atoms with Crippen LogP contribution in [0.4, 0.5) is 11.4 Å². The van der Waals surface area contributed by atoms with Gasteiger partial charge in [0.2, 0.25) is 0 Å². The summed E-state index contributed by atoms with van der Waals surface area (Å²) in [6.07, 6.45) is -1.08. The Hall–Kier alpha value is -2.74. The van der Waals surface area contributed by atoms with Crippen molar-refractivity contribution in [3.63, 3.8) is 0 Å². The third kappa shape index (κ3) is 3.67. The fourth-order valence-corrected chi connectivity index (χ4v) is 2.26. The average Bonchev–Trinajstić information content (AvgIpc) is 3.01. The number of carbonyl (C=O) groups is 2. The molecule has 1 unspecified atom stereocenters. The number of nitro benzene ring substituents is 1. The number of hydrogen-bond acceptors (Lipinski definition) is 6. The molecule has 1 amide bonds. The van der Waals surface area contributed by atoms with Gasteiger partial charge in [-0.05, 0) is 24.4 Å². The van der Waals surface area contributed by atoms with Gasteiger partial charge >= 0.3 is 5.97 Å². The standard InChI is InChI=1S/C14H12N2O5S/c1-9(21-14(18)10-6-7-22-8-10)13(17)15-11-4-2-3-5-12(11)16(19)20/h2-9H,1H3,(H,15,17). The van der Waals surface area contributed by atoms with E-state index in [2.05, 4.69) is 5.32 Å². The minimum Gasteiger partial charge on any atom is -0.449 e. The summed E-state index contributed by atoms with van der Waals surface area (Å²) in [6.45, 7) is 1.40. The normalized spacial score (nSPS) is 11.5. The highest BCUT2D eigenvalue weighted by Crippen LogP contribution is 2.23. The third-order valence-corrected chi connectivity index (χ3v) is 3.45. The Bertz CT molecular complexity index is 699. The molecule has 1 heterocycles. The number of amides is 1. The molecule has 0 aliphatic carbocycles. The van der Waals surface area contributed by atoms with Crippen LogP contribution in [-0.4, -0.2) is 22.9 Å². The van der Waals surface area contributed by atoms with Crippen molar-refractivity contribution in [2.75, 3.05) is 5.32 Å². The number of anilines is 1. The highest BCUT2D eigenvalue weighted by atomic mass is 32.1. The van der Waals surface area contributed by atoms with Crippen molar-refractivity contribution >= 4 is 34.6 Å². The molecule has 0 aliphatic rings. The molecule has 8 heteroatoms. The quantitative estimate of drug-likeness (QED) is 0.519. The maximum Gasteiger partial charge on any atom is 0.339 e. The van der Waals surface area contributed by atoms with Gasteiger partial charge in [0.1, 0.15) is 5.69 Å². The number of nitrogens with one attached hydrogen (secondary N) is 1. The van der Waals surface area contributed by atoms with Gasteiger partial charge in [0, 0.05) is 11.4 Å². The molecule has 1 atom stereocenters. The number of rotatable bonds is 5. The van der Waals surface area contributed by atoms with E-state index in [0.717, 1.165) is 0 Å². The van der Waals surface area contributed by atoms with E-state index in [-0.39, 0.29) is 11.4 Å². The number of carbonyl (C=O) groups excluding carboxylic acids is 2. The van der Waals surface area contributed by atoms with Crippen molar-refractivity contribution in [1.82, 2.24) is 0 Å². The van der Waals surface area contributed by atoms with Crippen LogP contribution in [-0.2, 0) is 9.53 Å². The lowest BCUT2D eigenvalue weighted by Gasteiger charge is -2.13. The molecule has 0 aliphatic heterocycles. The zero-order valence-electron chi connectivity index (χ0n) is 11.5. The maximum absolute atomic E-state index is 12.0. The SMILES string of the molecule is CC(OC(=O)c1ccsc1)C(=O)Nc1ccccc1[N+](=O)[O-]. The summed E-state index contributed by atoms with van der Waals surface area (Å²) in [6, 6.07) is 7.32. The molecule has 0 spiro atoms. The molecular weight excluding hydrogens is 308 g/mol. The number of nitrogens with zero attached hydrogens (tertiary/aromatic N) is 1. The fraction of sp³-hybridized carbons (Fsp3) is 0.143. The van der Waals surface area contributed by atoms with Gasteiger partial charge < -0.3 is 10.1 Å². The van der Waals surface area contributed by atoms with E-state index in [0.29, 0.717) is 5.56 Å².